The number of piperidine rings is 1. The fraction of sp³-hybridized carbons (Fsp3) is 0.917. The Morgan fingerprint density at radius 3 is 2.65 bits per heavy atom. The zero-order valence-electron chi connectivity index (χ0n) is 10.9. The van der Waals surface area contributed by atoms with Crippen LogP contribution in [-0.4, -0.2) is 54.6 Å². The van der Waals surface area contributed by atoms with Crippen molar-refractivity contribution in [3.63, 3.8) is 0 Å². The van der Waals surface area contributed by atoms with Crippen LogP contribution in [0.25, 0.3) is 0 Å². The Balaban J connectivity index is 1.85. The van der Waals surface area contributed by atoms with E-state index in [2.05, 4.69) is 28.5 Å². The maximum absolute atomic E-state index is 5.89. The Kier molecular flexibility index (Phi) is 4.20. The molecule has 1 aliphatic heterocycles. The van der Waals surface area contributed by atoms with Crippen molar-refractivity contribution < 1.29 is 0 Å². The monoisotopic (exact) mass is 256 g/mol. The SMILES string of the molecule is CSC1(CN=C(N)NC2CC2)CCN(C)CC1. The predicted molar refractivity (Wildman–Crippen MR) is 75.6 cm³/mol. The van der Waals surface area contributed by atoms with Gasteiger partial charge >= 0.3 is 0 Å². The second-order valence-corrected chi connectivity index (χ2v) is 6.58. The first kappa shape index (κ1) is 13.0. The molecule has 98 valence electrons. The topological polar surface area (TPSA) is 53.6 Å². The van der Waals surface area contributed by atoms with Gasteiger partial charge in [-0.15, -0.1) is 0 Å². The van der Waals surface area contributed by atoms with E-state index in [0.717, 1.165) is 6.54 Å². The summed E-state index contributed by atoms with van der Waals surface area (Å²) in [6, 6.07) is 0.599. The molecular formula is C12H24N4S. The van der Waals surface area contributed by atoms with Gasteiger partial charge in [0, 0.05) is 10.8 Å². The van der Waals surface area contributed by atoms with Gasteiger partial charge in [-0.25, -0.2) is 0 Å². The highest BCUT2D eigenvalue weighted by Gasteiger charge is 2.32. The lowest BCUT2D eigenvalue weighted by Crippen LogP contribution is -2.43. The Hall–Kier alpha value is -0.420. The third-order valence-electron chi connectivity index (χ3n) is 3.80. The molecule has 1 saturated heterocycles. The van der Waals surface area contributed by atoms with E-state index in [0.29, 0.717) is 16.7 Å². The van der Waals surface area contributed by atoms with Crippen LogP contribution in [0, 0.1) is 0 Å². The number of hydrogen-bond acceptors (Lipinski definition) is 3. The number of likely N-dealkylation sites (tertiary alicyclic amines) is 1. The van der Waals surface area contributed by atoms with Crippen molar-refractivity contribution in [1.29, 1.82) is 0 Å². The van der Waals surface area contributed by atoms with Crippen molar-refractivity contribution in [3.05, 3.63) is 0 Å². The number of hydrogen-bond donors (Lipinski definition) is 2. The molecule has 1 heterocycles. The van der Waals surface area contributed by atoms with Crippen molar-refractivity contribution in [2.45, 2.75) is 36.5 Å². The third-order valence-corrected chi connectivity index (χ3v) is 5.20. The molecule has 1 saturated carbocycles. The van der Waals surface area contributed by atoms with Crippen molar-refractivity contribution in [2.24, 2.45) is 10.7 Å². The maximum Gasteiger partial charge on any atom is 0.188 e. The fourth-order valence-electron chi connectivity index (χ4n) is 2.16. The number of nitrogens with two attached hydrogens (primary N) is 1. The Morgan fingerprint density at radius 1 is 1.47 bits per heavy atom. The van der Waals surface area contributed by atoms with E-state index >= 15 is 0 Å². The second-order valence-electron chi connectivity index (χ2n) is 5.31. The predicted octanol–water partition coefficient (Wildman–Crippen LogP) is 0.880. The molecule has 0 atom stereocenters. The molecule has 0 bridgehead atoms. The largest absolute Gasteiger partial charge is 0.370 e. The van der Waals surface area contributed by atoms with E-state index in [1.165, 1.54) is 38.8 Å². The summed E-state index contributed by atoms with van der Waals surface area (Å²) in [7, 11) is 2.19. The van der Waals surface area contributed by atoms with Crippen LogP contribution in [0.3, 0.4) is 0 Å². The van der Waals surface area contributed by atoms with E-state index in [4.69, 9.17) is 5.73 Å². The van der Waals surface area contributed by atoms with Crippen molar-refractivity contribution in [3.8, 4) is 0 Å². The van der Waals surface area contributed by atoms with Crippen molar-refractivity contribution in [1.82, 2.24) is 10.2 Å². The highest BCUT2D eigenvalue weighted by molar-refractivity contribution is 8.00. The minimum atomic E-state index is 0.308. The van der Waals surface area contributed by atoms with E-state index in [-0.39, 0.29) is 0 Å². The van der Waals surface area contributed by atoms with Gasteiger partial charge in [0.15, 0.2) is 5.96 Å². The second kappa shape index (κ2) is 5.48. The standard InChI is InChI=1S/C12H24N4S/c1-16-7-5-12(17-2,6-8-16)9-14-11(13)15-10-3-4-10/h10H,3-9H2,1-2H3,(H3,13,14,15). The molecule has 3 N–H and O–H groups in total. The van der Waals surface area contributed by atoms with E-state index in [1.807, 2.05) is 11.8 Å². The van der Waals surface area contributed by atoms with Crippen LogP contribution >= 0.6 is 11.8 Å². The lowest BCUT2D eigenvalue weighted by molar-refractivity contribution is 0.242. The van der Waals surface area contributed by atoms with E-state index in [9.17, 15) is 0 Å². The van der Waals surface area contributed by atoms with Gasteiger partial charge in [0.05, 0.1) is 6.54 Å². The normalized spacial score (nSPS) is 25.9. The number of aliphatic imine (C=N–C) groups is 1. The first-order valence-corrected chi connectivity index (χ1v) is 7.66. The van der Waals surface area contributed by atoms with Crippen LogP contribution in [0.2, 0.25) is 0 Å². The van der Waals surface area contributed by atoms with Gasteiger partial charge in [-0.3, -0.25) is 4.99 Å². The molecule has 2 aliphatic rings. The molecule has 1 aliphatic carbocycles. The number of thioether (sulfide) groups is 1. The summed E-state index contributed by atoms with van der Waals surface area (Å²) in [6.07, 6.45) is 7.12. The molecule has 2 fully saturated rings. The number of guanidine groups is 1. The molecule has 0 unspecified atom stereocenters. The Labute approximate surface area is 108 Å². The van der Waals surface area contributed by atoms with Crippen LogP contribution in [0.4, 0.5) is 0 Å². The summed E-state index contributed by atoms with van der Waals surface area (Å²) < 4.78 is 0.308. The van der Waals surface area contributed by atoms with Crippen molar-refractivity contribution >= 4 is 17.7 Å². The van der Waals surface area contributed by atoms with Gasteiger partial charge in [0.25, 0.3) is 0 Å². The zero-order valence-corrected chi connectivity index (χ0v) is 11.7. The summed E-state index contributed by atoms with van der Waals surface area (Å²) in [6.45, 7) is 3.20. The van der Waals surface area contributed by atoms with Gasteiger partial charge in [-0.1, -0.05) is 0 Å². The molecule has 0 aromatic carbocycles. The van der Waals surface area contributed by atoms with E-state index in [1.54, 1.807) is 0 Å². The summed E-state index contributed by atoms with van der Waals surface area (Å²) >= 11 is 1.95. The van der Waals surface area contributed by atoms with Crippen LogP contribution in [-0.2, 0) is 0 Å². The van der Waals surface area contributed by atoms with Gasteiger partial charge in [0.2, 0.25) is 0 Å². The van der Waals surface area contributed by atoms with Crippen LogP contribution in [0.15, 0.2) is 4.99 Å². The number of rotatable bonds is 4. The summed E-state index contributed by atoms with van der Waals surface area (Å²) in [5, 5.41) is 3.25. The van der Waals surface area contributed by atoms with Crippen LogP contribution < -0.4 is 11.1 Å². The maximum atomic E-state index is 5.89. The average Bonchev–Trinajstić information content (AvgIpc) is 3.13. The fourth-order valence-corrected chi connectivity index (χ4v) is 2.95. The Morgan fingerprint density at radius 2 is 2.12 bits per heavy atom. The smallest absolute Gasteiger partial charge is 0.188 e. The third kappa shape index (κ3) is 3.78. The first-order valence-electron chi connectivity index (χ1n) is 6.44. The van der Waals surface area contributed by atoms with Crippen molar-refractivity contribution in [2.75, 3.05) is 32.9 Å². The molecular weight excluding hydrogens is 232 g/mol. The summed E-state index contributed by atoms with van der Waals surface area (Å²) in [4.78, 5) is 6.93. The molecule has 17 heavy (non-hydrogen) atoms. The first-order chi connectivity index (χ1) is 8.13. The molecule has 0 radical (unpaired) electrons. The quantitative estimate of drug-likeness (QED) is 0.579. The highest BCUT2D eigenvalue weighted by atomic mass is 32.2. The number of nitrogens with zero attached hydrogens (tertiary/aromatic N) is 2. The molecule has 5 heteroatoms. The summed E-state index contributed by atoms with van der Waals surface area (Å²) in [5.74, 6) is 0.639. The van der Waals surface area contributed by atoms with Crippen LogP contribution in [0.5, 0.6) is 0 Å². The lowest BCUT2D eigenvalue weighted by Gasteiger charge is -2.38. The van der Waals surface area contributed by atoms with Gasteiger partial charge in [0.1, 0.15) is 0 Å². The highest BCUT2D eigenvalue weighted by Crippen LogP contribution is 2.34. The zero-order chi connectivity index (χ0) is 12.3. The minimum Gasteiger partial charge on any atom is -0.370 e. The average molecular weight is 256 g/mol. The minimum absolute atomic E-state index is 0.308. The molecule has 0 amide bonds. The molecule has 0 aromatic heterocycles. The van der Waals surface area contributed by atoms with Crippen LogP contribution in [0.1, 0.15) is 25.7 Å². The molecule has 0 aromatic rings. The molecule has 4 nitrogen and oxygen atoms in total. The van der Waals surface area contributed by atoms with Gasteiger partial charge in [-0.05, 0) is 52.1 Å². The Bertz CT molecular complexity index is 280. The molecule has 2 rings (SSSR count). The summed E-state index contributed by atoms with van der Waals surface area (Å²) in [5.41, 5.74) is 5.89. The number of nitrogens with one attached hydrogen (secondary N) is 1. The van der Waals surface area contributed by atoms with E-state index < -0.39 is 0 Å². The van der Waals surface area contributed by atoms with Gasteiger partial charge < -0.3 is 16.0 Å². The lowest BCUT2D eigenvalue weighted by atomic mass is 9.96. The van der Waals surface area contributed by atoms with Gasteiger partial charge in [-0.2, -0.15) is 11.8 Å². The molecule has 0 spiro atoms.